The van der Waals surface area contributed by atoms with Crippen LogP contribution in [0.1, 0.15) is 23.2 Å². The monoisotopic (exact) mass is 457 g/mol. The summed E-state index contributed by atoms with van der Waals surface area (Å²) in [5.41, 5.74) is 0.278. The van der Waals surface area contributed by atoms with Crippen LogP contribution in [0.2, 0.25) is 0 Å². The second-order valence-electron chi connectivity index (χ2n) is 7.41. The van der Waals surface area contributed by atoms with E-state index < -0.39 is 21.5 Å². The van der Waals surface area contributed by atoms with Gasteiger partial charge in [0.15, 0.2) is 0 Å². The molecule has 0 spiro atoms. The number of aromatic amines is 1. The zero-order valence-corrected chi connectivity index (χ0v) is 18.2. The summed E-state index contributed by atoms with van der Waals surface area (Å²) in [7, 11) is -2.54. The molecule has 1 fully saturated rings. The van der Waals surface area contributed by atoms with Crippen LogP contribution in [0.3, 0.4) is 0 Å². The van der Waals surface area contributed by atoms with Gasteiger partial charge in [0.05, 0.1) is 29.4 Å². The van der Waals surface area contributed by atoms with Crippen LogP contribution in [0.4, 0.5) is 5.69 Å². The van der Waals surface area contributed by atoms with Gasteiger partial charge in [0.25, 0.3) is 15.9 Å². The van der Waals surface area contributed by atoms with Gasteiger partial charge >= 0.3 is 0 Å². The third-order valence-electron chi connectivity index (χ3n) is 5.24. The Morgan fingerprint density at radius 2 is 2.03 bits per heavy atom. The van der Waals surface area contributed by atoms with Crippen LogP contribution < -0.4 is 20.3 Å². The lowest BCUT2D eigenvalue weighted by molar-refractivity contribution is 0.0859. The number of amides is 1. The van der Waals surface area contributed by atoms with Crippen LogP contribution >= 0.6 is 0 Å². The van der Waals surface area contributed by atoms with E-state index in [1.807, 2.05) is 0 Å². The summed E-state index contributed by atoms with van der Waals surface area (Å²) >= 11 is 0. The van der Waals surface area contributed by atoms with Crippen LogP contribution in [-0.4, -0.2) is 45.7 Å². The lowest BCUT2D eigenvalue weighted by Gasteiger charge is -2.14. The molecule has 10 heteroatoms. The van der Waals surface area contributed by atoms with Gasteiger partial charge in [-0.3, -0.25) is 14.3 Å². The van der Waals surface area contributed by atoms with Crippen LogP contribution in [0.5, 0.6) is 5.75 Å². The number of methoxy groups -OCH3 is 1. The van der Waals surface area contributed by atoms with Crippen molar-refractivity contribution in [3.8, 4) is 5.75 Å². The highest BCUT2D eigenvalue weighted by atomic mass is 32.2. The number of anilines is 1. The Hall–Kier alpha value is -3.37. The molecule has 1 atom stereocenters. The minimum absolute atomic E-state index is 0.0591. The molecule has 0 aliphatic carbocycles. The molecule has 4 rings (SSSR count). The van der Waals surface area contributed by atoms with Crippen molar-refractivity contribution >= 4 is 32.5 Å². The van der Waals surface area contributed by atoms with Crippen molar-refractivity contribution in [1.29, 1.82) is 0 Å². The topological polar surface area (TPSA) is 127 Å². The Balaban J connectivity index is 1.67. The van der Waals surface area contributed by atoms with Gasteiger partial charge in [-0.2, -0.15) is 0 Å². The average Bonchev–Trinajstić information content (AvgIpc) is 3.30. The molecule has 1 amide bonds. The summed E-state index contributed by atoms with van der Waals surface area (Å²) in [6, 6.07) is 12.0. The number of sulfonamides is 1. The largest absolute Gasteiger partial charge is 0.495 e. The number of aromatic nitrogens is 1. The number of carbonyl (C=O) groups is 1. The van der Waals surface area contributed by atoms with Crippen LogP contribution in [-0.2, 0) is 14.8 Å². The molecule has 2 aromatic carbocycles. The molecule has 1 aliphatic rings. The number of carbonyl (C=O) groups excluding carboxylic acids is 1. The number of pyridine rings is 1. The quantitative estimate of drug-likeness (QED) is 0.500. The van der Waals surface area contributed by atoms with Gasteiger partial charge in [-0.05, 0) is 43.2 Å². The lowest BCUT2D eigenvalue weighted by atomic mass is 10.1. The zero-order valence-electron chi connectivity index (χ0n) is 17.4. The van der Waals surface area contributed by atoms with E-state index in [4.69, 9.17) is 9.47 Å². The smallest absolute Gasteiger partial charge is 0.262 e. The van der Waals surface area contributed by atoms with Crippen molar-refractivity contribution in [2.75, 3.05) is 25.0 Å². The first kappa shape index (κ1) is 21.8. The predicted molar refractivity (Wildman–Crippen MR) is 120 cm³/mol. The molecule has 0 bridgehead atoms. The average molecular weight is 458 g/mol. The van der Waals surface area contributed by atoms with Gasteiger partial charge in [-0.15, -0.1) is 0 Å². The summed E-state index contributed by atoms with van der Waals surface area (Å²) in [4.78, 5) is 27.4. The maximum atomic E-state index is 13.0. The number of fused-ring (bicyclic) bond motifs is 1. The summed E-state index contributed by atoms with van der Waals surface area (Å²) in [6.07, 6.45) is 1.73. The summed E-state index contributed by atoms with van der Waals surface area (Å²) in [5, 5.41) is 3.09. The highest BCUT2D eigenvalue weighted by Gasteiger charge is 2.21. The van der Waals surface area contributed by atoms with E-state index in [-0.39, 0.29) is 22.3 Å². The Kier molecular flexibility index (Phi) is 6.15. The maximum absolute atomic E-state index is 13.0. The lowest BCUT2D eigenvalue weighted by Crippen LogP contribution is -2.32. The molecule has 1 aromatic heterocycles. The van der Waals surface area contributed by atoms with Gasteiger partial charge in [0.1, 0.15) is 5.75 Å². The van der Waals surface area contributed by atoms with E-state index in [1.165, 1.54) is 25.3 Å². The number of nitrogens with one attached hydrogen (secondary N) is 3. The summed E-state index contributed by atoms with van der Waals surface area (Å²) < 4.78 is 39.2. The molecule has 9 nitrogen and oxygen atoms in total. The number of ether oxygens (including phenoxy) is 2. The second-order valence-corrected chi connectivity index (χ2v) is 9.09. The second kappa shape index (κ2) is 9.01. The van der Waals surface area contributed by atoms with Crippen molar-refractivity contribution in [1.82, 2.24) is 10.3 Å². The standard InChI is InChI=1S/C22H23N3O6S/c1-30-20-7-3-2-6-19(20)25-32(28,29)15-8-9-18-16(11-15)17(12-21(26)24-18)22(27)23-13-14-5-4-10-31-14/h2-3,6-9,11-12,14,25H,4-5,10,13H2,1H3,(H,23,27)(H,24,26)/t14-/m0/s1. The molecular weight excluding hydrogens is 434 g/mol. The number of hydrogen-bond donors (Lipinski definition) is 3. The molecule has 0 radical (unpaired) electrons. The SMILES string of the molecule is COc1ccccc1NS(=O)(=O)c1ccc2[nH]c(=O)cc(C(=O)NC[C@@H]3CCCO3)c2c1. The number of rotatable bonds is 7. The highest BCUT2D eigenvalue weighted by molar-refractivity contribution is 7.92. The number of H-pyrrole nitrogens is 1. The summed E-state index contributed by atoms with van der Waals surface area (Å²) in [5.74, 6) is -0.0979. The van der Waals surface area contributed by atoms with E-state index in [2.05, 4.69) is 15.0 Å². The summed E-state index contributed by atoms with van der Waals surface area (Å²) in [6.45, 7) is 0.982. The fraction of sp³-hybridized carbons (Fsp3) is 0.273. The molecule has 1 saturated heterocycles. The van der Waals surface area contributed by atoms with Gasteiger partial charge in [0, 0.05) is 30.1 Å². The molecular formula is C22H23N3O6S. The first-order valence-corrected chi connectivity index (χ1v) is 11.6. The minimum Gasteiger partial charge on any atom is -0.495 e. The third kappa shape index (κ3) is 4.61. The fourth-order valence-corrected chi connectivity index (χ4v) is 4.72. The van der Waals surface area contributed by atoms with E-state index in [1.54, 1.807) is 24.3 Å². The Morgan fingerprint density at radius 1 is 1.22 bits per heavy atom. The van der Waals surface area contributed by atoms with Crippen molar-refractivity contribution < 1.29 is 22.7 Å². The molecule has 3 N–H and O–H groups in total. The van der Waals surface area contributed by atoms with Crippen LogP contribution in [0, 0.1) is 0 Å². The van der Waals surface area contributed by atoms with E-state index in [0.717, 1.165) is 18.9 Å². The number of benzene rings is 2. The van der Waals surface area contributed by atoms with Crippen molar-refractivity contribution in [3.05, 3.63) is 64.4 Å². The van der Waals surface area contributed by atoms with Gasteiger partial charge < -0.3 is 19.8 Å². The van der Waals surface area contributed by atoms with E-state index >= 15 is 0 Å². The number of hydrogen-bond acceptors (Lipinski definition) is 6. The molecule has 32 heavy (non-hydrogen) atoms. The molecule has 0 unspecified atom stereocenters. The number of para-hydroxylation sites is 2. The highest BCUT2D eigenvalue weighted by Crippen LogP contribution is 2.27. The van der Waals surface area contributed by atoms with Gasteiger partial charge in [0.2, 0.25) is 5.56 Å². The molecule has 0 saturated carbocycles. The normalized spacial score (nSPS) is 16.1. The van der Waals surface area contributed by atoms with Gasteiger partial charge in [-0.1, -0.05) is 12.1 Å². The fourth-order valence-electron chi connectivity index (χ4n) is 3.63. The van der Waals surface area contributed by atoms with Gasteiger partial charge in [-0.25, -0.2) is 8.42 Å². The Morgan fingerprint density at radius 3 is 2.78 bits per heavy atom. The van der Waals surface area contributed by atoms with E-state index in [9.17, 15) is 18.0 Å². The minimum atomic E-state index is -3.99. The van der Waals surface area contributed by atoms with Crippen LogP contribution in [0.25, 0.3) is 10.9 Å². The van der Waals surface area contributed by atoms with E-state index in [0.29, 0.717) is 29.8 Å². The van der Waals surface area contributed by atoms with Crippen molar-refractivity contribution in [2.45, 2.75) is 23.8 Å². The Labute approximate surface area is 184 Å². The predicted octanol–water partition coefficient (Wildman–Crippen LogP) is 2.25. The Bertz CT molecular complexity index is 1310. The maximum Gasteiger partial charge on any atom is 0.262 e. The molecule has 2 heterocycles. The third-order valence-corrected chi connectivity index (χ3v) is 6.60. The van der Waals surface area contributed by atoms with Crippen LogP contribution in [0.15, 0.2) is 58.2 Å². The first-order valence-electron chi connectivity index (χ1n) is 10.1. The van der Waals surface area contributed by atoms with Crippen molar-refractivity contribution in [3.63, 3.8) is 0 Å². The zero-order chi connectivity index (χ0) is 22.7. The molecule has 168 valence electrons. The van der Waals surface area contributed by atoms with Crippen molar-refractivity contribution in [2.24, 2.45) is 0 Å². The molecule has 1 aliphatic heterocycles. The first-order chi connectivity index (χ1) is 15.4. The molecule has 3 aromatic rings.